The van der Waals surface area contributed by atoms with E-state index in [-0.39, 0.29) is 12.3 Å². The maximum atomic E-state index is 13.5. The van der Waals surface area contributed by atoms with Crippen LogP contribution in [0.2, 0.25) is 0 Å². The largest absolute Gasteiger partial charge is 0.469 e. The molecule has 0 bridgehead atoms. The van der Waals surface area contributed by atoms with E-state index in [1.165, 1.54) is 36.8 Å². The van der Waals surface area contributed by atoms with Crippen molar-refractivity contribution < 1.29 is 18.7 Å². The summed E-state index contributed by atoms with van der Waals surface area (Å²) in [6, 6.07) is 7.40. The van der Waals surface area contributed by atoms with Gasteiger partial charge in [0.05, 0.1) is 25.1 Å². The van der Waals surface area contributed by atoms with Gasteiger partial charge in [-0.25, -0.2) is 4.39 Å². The topological polar surface area (TPSA) is 71.2 Å². The average molecular weight is 346 g/mol. The van der Waals surface area contributed by atoms with Crippen LogP contribution in [0.5, 0.6) is 0 Å². The third-order valence-corrected chi connectivity index (χ3v) is 4.66. The van der Waals surface area contributed by atoms with Crippen LogP contribution in [-0.4, -0.2) is 24.0 Å². The molecule has 1 atom stereocenters. The average Bonchev–Trinajstić information content (AvgIpc) is 3.23. The van der Waals surface area contributed by atoms with Crippen LogP contribution in [0.1, 0.15) is 27.7 Å². The first-order chi connectivity index (χ1) is 11.6. The number of hydrogen-bond acceptors (Lipinski definition) is 4. The molecular formula is C17H15FN2O3S. The summed E-state index contributed by atoms with van der Waals surface area (Å²) < 4.78 is 18.2. The number of nitrogens with one attached hydrogen (secondary N) is 2. The van der Waals surface area contributed by atoms with Crippen LogP contribution in [0.4, 0.5) is 4.39 Å². The predicted octanol–water partition coefficient (Wildman–Crippen LogP) is 3.40. The lowest BCUT2D eigenvalue weighted by molar-refractivity contribution is -0.141. The number of carbonyl (C=O) groups excluding carboxylic acids is 2. The van der Waals surface area contributed by atoms with Gasteiger partial charge in [0.1, 0.15) is 5.82 Å². The van der Waals surface area contributed by atoms with Gasteiger partial charge in [0.2, 0.25) is 0 Å². The van der Waals surface area contributed by atoms with Crippen molar-refractivity contribution in [3.8, 4) is 0 Å². The smallest absolute Gasteiger partial charge is 0.307 e. The van der Waals surface area contributed by atoms with Crippen LogP contribution in [0.15, 0.2) is 41.9 Å². The molecule has 0 saturated carbocycles. The number of thiophene rings is 1. The quantitative estimate of drug-likeness (QED) is 0.696. The number of aromatic amines is 1. The van der Waals surface area contributed by atoms with Gasteiger partial charge in [-0.2, -0.15) is 0 Å². The number of benzene rings is 1. The number of amides is 1. The van der Waals surface area contributed by atoms with Gasteiger partial charge >= 0.3 is 5.97 Å². The first kappa shape index (κ1) is 16.2. The van der Waals surface area contributed by atoms with Crippen LogP contribution < -0.4 is 5.32 Å². The molecule has 124 valence electrons. The van der Waals surface area contributed by atoms with Crippen LogP contribution in [0.25, 0.3) is 10.9 Å². The van der Waals surface area contributed by atoms with E-state index in [9.17, 15) is 14.0 Å². The van der Waals surface area contributed by atoms with E-state index >= 15 is 0 Å². The summed E-state index contributed by atoms with van der Waals surface area (Å²) in [6.45, 7) is 0. The van der Waals surface area contributed by atoms with E-state index in [0.29, 0.717) is 16.5 Å². The lowest BCUT2D eigenvalue weighted by Gasteiger charge is -2.16. The van der Waals surface area contributed by atoms with E-state index in [4.69, 9.17) is 4.74 Å². The molecule has 1 amide bonds. The summed E-state index contributed by atoms with van der Waals surface area (Å²) >= 11 is 1.44. The van der Waals surface area contributed by atoms with Crippen molar-refractivity contribution in [3.05, 3.63) is 58.2 Å². The third-order valence-electron chi connectivity index (χ3n) is 3.68. The Morgan fingerprint density at radius 1 is 1.38 bits per heavy atom. The summed E-state index contributed by atoms with van der Waals surface area (Å²) in [5.41, 5.74) is 0.998. The SMILES string of the molecule is COC(=O)C[C@@H](NC(=O)c1c[nH]c2ccc(F)cc12)c1cccs1. The Hall–Kier alpha value is -2.67. The summed E-state index contributed by atoms with van der Waals surface area (Å²) in [7, 11) is 1.30. The van der Waals surface area contributed by atoms with Gasteiger partial charge in [0.25, 0.3) is 5.91 Å². The number of aromatic nitrogens is 1. The van der Waals surface area contributed by atoms with Gasteiger partial charge in [-0.1, -0.05) is 6.07 Å². The molecule has 1 aromatic carbocycles. The predicted molar refractivity (Wildman–Crippen MR) is 89.4 cm³/mol. The molecule has 2 N–H and O–H groups in total. The van der Waals surface area contributed by atoms with E-state index < -0.39 is 17.8 Å². The number of ether oxygens (including phenoxy) is 1. The number of rotatable bonds is 5. The molecule has 5 nitrogen and oxygen atoms in total. The zero-order chi connectivity index (χ0) is 17.1. The van der Waals surface area contributed by atoms with Gasteiger partial charge in [-0.3, -0.25) is 9.59 Å². The number of methoxy groups -OCH3 is 1. The molecule has 0 spiro atoms. The van der Waals surface area contributed by atoms with Crippen LogP contribution in [0.3, 0.4) is 0 Å². The molecule has 3 aromatic rings. The number of esters is 1. The molecule has 0 radical (unpaired) electrons. The molecular weight excluding hydrogens is 331 g/mol. The minimum atomic E-state index is -0.497. The van der Waals surface area contributed by atoms with E-state index in [2.05, 4.69) is 10.3 Å². The molecule has 3 rings (SSSR count). The normalized spacial score (nSPS) is 12.1. The summed E-state index contributed by atoms with van der Waals surface area (Å²) in [5.74, 6) is -1.21. The van der Waals surface area contributed by atoms with Crippen molar-refractivity contribution in [2.75, 3.05) is 7.11 Å². The van der Waals surface area contributed by atoms with Crippen molar-refractivity contribution in [2.24, 2.45) is 0 Å². The number of carbonyl (C=O) groups is 2. The zero-order valence-corrected chi connectivity index (χ0v) is 13.7. The fraction of sp³-hybridized carbons (Fsp3) is 0.176. The number of halogens is 1. The van der Waals surface area contributed by atoms with E-state index in [1.807, 2.05) is 17.5 Å². The van der Waals surface area contributed by atoms with Gasteiger partial charge in [0.15, 0.2) is 0 Å². The van der Waals surface area contributed by atoms with Gasteiger partial charge in [-0.05, 0) is 29.6 Å². The van der Waals surface area contributed by atoms with Gasteiger partial charge in [0, 0.05) is 22.0 Å². The molecule has 0 unspecified atom stereocenters. The third kappa shape index (κ3) is 3.30. The second kappa shape index (κ2) is 6.84. The molecule has 2 heterocycles. The van der Waals surface area contributed by atoms with Gasteiger partial charge < -0.3 is 15.0 Å². The number of hydrogen-bond donors (Lipinski definition) is 2. The Morgan fingerprint density at radius 3 is 2.92 bits per heavy atom. The maximum Gasteiger partial charge on any atom is 0.307 e. The Bertz CT molecular complexity index is 873. The van der Waals surface area contributed by atoms with Crippen molar-refractivity contribution >= 4 is 34.1 Å². The minimum Gasteiger partial charge on any atom is -0.469 e. The van der Waals surface area contributed by atoms with Crippen molar-refractivity contribution in [1.82, 2.24) is 10.3 Å². The second-order valence-corrected chi connectivity index (χ2v) is 6.19. The zero-order valence-electron chi connectivity index (χ0n) is 12.8. The highest BCUT2D eigenvalue weighted by molar-refractivity contribution is 7.10. The molecule has 7 heteroatoms. The van der Waals surface area contributed by atoms with Crippen molar-refractivity contribution in [2.45, 2.75) is 12.5 Å². The summed E-state index contributed by atoms with van der Waals surface area (Å²) in [4.78, 5) is 28.0. The lowest BCUT2D eigenvalue weighted by atomic mass is 10.1. The highest BCUT2D eigenvalue weighted by Gasteiger charge is 2.22. The van der Waals surface area contributed by atoms with Gasteiger partial charge in [-0.15, -0.1) is 11.3 Å². The Balaban J connectivity index is 1.87. The standard InChI is InChI=1S/C17H15FN2O3S/c1-23-16(21)8-14(15-3-2-6-24-15)20-17(22)12-9-19-13-5-4-10(18)7-11(12)13/h2-7,9,14,19H,8H2,1H3,(H,20,22)/t14-/m1/s1. The van der Waals surface area contributed by atoms with E-state index in [0.717, 1.165) is 4.88 Å². The molecule has 0 aliphatic heterocycles. The van der Waals surface area contributed by atoms with Crippen molar-refractivity contribution in [1.29, 1.82) is 0 Å². The number of fused-ring (bicyclic) bond motifs is 1. The maximum absolute atomic E-state index is 13.5. The fourth-order valence-corrected chi connectivity index (χ4v) is 3.26. The van der Waals surface area contributed by atoms with Crippen LogP contribution in [-0.2, 0) is 9.53 Å². The number of H-pyrrole nitrogens is 1. The fourth-order valence-electron chi connectivity index (χ4n) is 2.48. The van der Waals surface area contributed by atoms with Crippen molar-refractivity contribution in [3.63, 3.8) is 0 Å². The summed E-state index contributed by atoms with van der Waals surface area (Å²) in [6.07, 6.45) is 1.56. The highest BCUT2D eigenvalue weighted by atomic mass is 32.1. The molecule has 24 heavy (non-hydrogen) atoms. The van der Waals surface area contributed by atoms with Crippen LogP contribution in [0, 0.1) is 5.82 Å². The lowest BCUT2D eigenvalue weighted by Crippen LogP contribution is -2.29. The molecule has 0 fully saturated rings. The minimum absolute atomic E-state index is 0.0273. The highest BCUT2D eigenvalue weighted by Crippen LogP contribution is 2.25. The monoisotopic (exact) mass is 346 g/mol. The molecule has 2 aromatic heterocycles. The van der Waals surface area contributed by atoms with E-state index in [1.54, 1.807) is 6.07 Å². The first-order valence-corrected chi connectivity index (χ1v) is 8.14. The van der Waals surface area contributed by atoms with Crippen LogP contribution >= 0.6 is 11.3 Å². The second-order valence-electron chi connectivity index (χ2n) is 5.21. The summed E-state index contributed by atoms with van der Waals surface area (Å²) in [5, 5.41) is 5.19. The first-order valence-electron chi connectivity index (χ1n) is 7.26. The Labute approximate surface area is 141 Å². The molecule has 0 aliphatic carbocycles. The Morgan fingerprint density at radius 2 is 2.21 bits per heavy atom. The Kier molecular flexibility index (Phi) is 4.61. The molecule has 0 aliphatic rings. The molecule has 0 saturated heterocycles.